The minimum atomic E-state index is -0.639. The Kier molecular flexibility index (Phi) is 5.63. The molecule has 1 aliphatic rings. The third kappa shape index (κ3) is 3.45. The zero-order chi connectivity index (χ0) is 17.9. The van der Waals surface area contributed by atoms with Gasteiger partial charge in [0.05, 0.1) is 13.5 Å². The van der Waals surface area contributed by atoms with Crippen LogP contribution < -0.4 is 0 Å². The summed E-state index contributed by atoms with van der Waals surface area (Å²) in [6.07, 6.45) is 7.05. The minimum absolute atomic E-state index is 0.0211. The van der Waals surface area contributed by atoms with Crippen molar-refractivity contribution in [3.8, 4) is 12.3 Å². The van der Waals surface area contributed by atoms with E-state index in [0.29, 0.717) is 31.5 Å². The van der Waals surface area contributed by atoms with Gasteiger partial charge in [0.25, 0.3) is 0 Å². The molecule has 0 aliphatic carbocycles. The second-order valence-corrected chi connectivity index (χ2v) is 6.38. The molecule has 1 saturated heterocycles. The number of hydrogen-bond donors (Lipinski definition) is 0. The van der Waals surface area contributed by atoms with Gasteiger partial charge in [0.1, 0.15) is 11.4 Å². The first-order valence-corrected chi connectivity index (χ1v) is 8.12. The smallest absolute Gasteiger partial charge is 0.228 e. The number of aryl methyl sites for hydroxylation is 1. The van der Waals surface area contributed by atoms with Gasteiger partial charge in [-0.3, -0.25) is 4.79 Å². The van der Waals surface area contributed by atoms with Crippen molar-refractivity contribution in [2.24, 2.45) is 0 Å². The maximum absolute atomic E-state index is 14.1. The van der Waals surface area contributed by atoms with E-state index in [2.05, 4.69) is 5.92 Å². The molecule has 1 heterocycles. The fourth-order valence-electron chi connectivity index (χ4n) is 3.18. The van der Waals surface area contributed by atoms with Crippen LogP contribution in [0.5, 0.6) is 0 Å². The number of hydrogen-bond acceptors (Lipinski definition) is 3. The highest BCUT2D eigenvalue weighted by Crippen LogP contribution is 2.29. The van der Waals surface area contributed by atoms with Crippen LogP contribution in [-0.4, -0.2) is 48.7 Å². The Morgan fingerprint density at radius 1 is 1.42 bits per heavy atom. The number of carbonyl (C=O) groups is 1. The second kappa shape index (κ2) is 7.33. The third-order valence-electron chi connectivity index (χ3n) is 5.23. The van der Waals surface area contributed by atoms with Crippen molar-refractivity contribution in [1.82, 2.24) is 9.96 Å². The van der Waals surface area contributed by atoms with E-state index in [9.17, 15) is 9.18 Å². The topological polar surface area (TPSA) is 32.8 Å². The lowest BCUT2D eigenvalue weighted by Gasteiger charge is -2.43. The normalized spacial score (nSPS) is 17.3. The molecule has 1 fully saturated rings. The molecule has 130 valence electrons. The second-order valence-electron chi connectivity index (χ2n) is 6.38. The van der Waals surface area contributed by atoms with Gasteiger partial charge >= 0.3 is 0 Å². The van der Waals surface area contributed by atoms with E-state index in [1.54, 1.807) is 25.1 Å². The molecule has 0 saturated carbocycles. The summed E-state index contributed by atoms with van der Waals surface area (Å²) in [6.45, 7) is 5.08. The quantitative estimate of drug-likeness (QED) is 0.794. The minimum Gasteiger partial charge on any atom is -0.329 e. The number of hydroxylamine groups is 2. The summed E-state index contributed by atoms with van der Waals surface area (Å²) in [7, 11) is 3.34. The largest absolute Gasteiger partial charge is 0.329 e. The molecule has 1 amide bonds. The number of piperidine rings is 1. The van der Waals surface area contributed by atoms with E-state index in [1.807, 2.05) is 18.9 Å². The number of benzene rings is 1. The lowest BCUT2D eigenvalue weighted by Crippen LogP contribution is -2.55. The summed E-state index contributed by atoms with van der Waals surface area (Å²) >= 11 is 0. The first-order chi connectivity index (χ1) is 11.3. The van der Waals surface area contributed by atoms with Crippen LogP contribution in [0.2, 0.25) is 0 Å². The third-order valence-corrected chi connectivity index (χ3v) is 5.23. The number of rotatable bonds is 4. The molecule has 0 atom stereocenters. The van der Waals surface area contributed by atoms with Gasteiger partial charge in [0, 0.05) is 25.7 Å². The zero-order valence-corrected chi connectivity index (χ0v) is 14.9. The van der Waals surface area contributed by atoms with Crippen LogP contribution >= 0.6 is 0 Å². The standard InChI is InChI=1S/C19H25FN2O2/c1-6-19(9-11-22(24-5)12-10-19)21(4)18(23)13-16-15(3)14(2)7-8-17(16)20/h1,7-8H,9-13H2,2-5H3. The lowest BCUT2D eigenvalue weighted by atomic mass is 9.86. The Labute approximate surface area is 143 Å². The van der Waals surface area contributed by atoms with Gasteiger partial charge in [0.2, 0.25) is 5.91 Å². The SMILES string of the molecule is C#CC1(N(C)C(=O)Cc2c(F)ccc(C)c2C)CCN(OC)CC1. The Morgan fingerprint density at radius 2 is 2.04 bits per heavy atom. The van der Waals surface area contributed by atoms with Crippen molar-refractivity contribution >= 4 is 5.91 Å². The average molecular weight is 332 g/mol. The number of likely N-dealkylation sites (N-methyl/N-ethyl adjacent to an activating group) is 1. The molecule has 0 N–H and O–H groups in total. The first kappa shape index (κ1) is 18.4. The highest BCUT2D eigenvalue weighted by atomic mass is 19.1. The van der Waals surface area contributed by atoms with Crippen molar-refractivity contribution in [2.75, 3.05) is 27.2 Å². The molecular weight excluding hydrogens is 307 g/mol. The summed E-state index contributed by atoms with van der Waals surface area (Å²) < 4.78 is 14.1. The molecule has 24 heavy (non-hydrogen) atoms. The highest BCUT2D eigenvalue weighted by molar-refractivity contribution is 5.80. The number of amides is 1. The Balaban J connectivity index is 2.18. The van der Waals surface area contributed by atoms with Crippen LogP contribution in [0.1, 0.15) is 29.5 Å². The fraction of sp³-hybridized carbons (Fsp3) is 0.526. The van der Waals surface area contributed by atoms with E-state index >= 15 is 0 Å². The molecule has 4 nitrogen and oxygen atoms in total. The molecule has 0 aromatic heterocycles. The average Bonchev–Trinajstić information content (AvgIpc) is 2.61. The van der Waals surface area contributed by atoms with Crippen LogP contribution in [0.15, 0.2) is 12.1 Å². The highest BCUT2D eigenvalue weighted by Gasteiger charge is 2.39. The van der Waals surface area contributed by atoms with Gasteiger partial charge < -0.3 is 9.74 Å². The van der Waals surface area contributed by atoms with Gasteiger partial charge in [-0.15, -0.1) is 6.42 Å². The van der Waals surface area contributed by atoms with E-state index in [4.69, 9.17) is 11.3 Å². The molecule has 0 unspecified atom stereocenters. The number of terminal acetylenes is 1. The summed E-state index contributed by atoms with van der Waals surface area (Å²) in [5.41, 5.74) is 1.61. The summed E-state index contributed by atoms with van der Waals surface area (Å²) in [4.78, 5) is 19.6. The molecule has 2 rings (SSSR count). The van der Waals surface area contributed by atoms with Gasteiger partial charge in [-0.1, -0.05) is 12.0 Å². The number of halogens is 1. The van der Waals surface area contributed by atoms with Gasteiger partial charge in [-0.2, -0.15) is 5.06 Å². The Bertz CT molecular complexity index is 658. The maximum atomic E-state index is 14.1. The predicted octanol–water partition coefficient (Wildman–Crippen LogP) is 2.47. The lowest BCUT2D eigenvalue weighted by molar-refractivity contribution is -0.161. The van der Waals surface area contributed by atoms with Crippen LogP contribution in [0.4, 0.5) is 4.39 Å². The van der Waals surface area contributed by atoms with Crippen molar-refractivity contribution in [3.63, 3.8) is 0 Å². The summed E-state index contributed by atoms with van der Waals surface area (Å²) in [5, 5.41) is 1.83. The zero-order valence-electron chi connectivity index (χ0n) is 14.9. The van der Waals surface area contributed by atoms with E-state index in [0.717, 1.165) is 11.1 Å². The van der Waals surface area contributed by atoms with Crippen LogP contribution in [0.25, 0.3) is 0 Å². The fourth-order valence-corrected chi connectivity index (χ4v) is 3.18. The van der Waals surface area contributed by atoms with E-state index < -0.39 is 5.54 Å². The van der Waals surface area contributed by atoms with Gasteiger partial charge in [-0.05, 0) is 43.9 Å². The van der Waals surface area contributed by atoms with E-state index in [-0.39, 0.29) is 18.1 Å². The first-order valence-electron chi connectivity index (χ1n) is 8.12. The van der Waals surface area contributed by atoms with Crippen LogP contribution in [0, 0.1) is 32.0 Å². The molecular formula is C19H25FN2O2. The Hall–Kier alpha value is -1.90. The van der Waals surface area contributed by atoms with E-state index in [1.165, 1.54) is 6.07 Å². The number of carbonyl (C=O) groups excluding carboxylic acids is 1. The van der Waals surface area contributed by atoms with Gasteiger partial charge in [-0.25, -0.2) is 4.39 Å². The molecule has 5 heteroatoms. The van der Waals surface area contributed by atoms with Crippen molar-refractivity contribution in [3.05, 3.63) is 34.6 Å². The summed E-state index contributed by atoms with van der Waals surface area (Å²) in [6, 6.07) is 3.14. The number of nitrogens with zero attached hydrogens (tertiary/aromatic N) is 2. The maximum Gasteiger partial charge on any atom is 0.228 e. The molecule has 0 radical (unpaired) electrons. The Morgan fingerprint density at radius 3 is 2.58 bits per heavy atom. The predicted molar refractivity (Wildman–Crippen MR) is 91.7 cm³/mol. The molecule has 0 bridgehead atoms. The molecule has 1 aromatic carbocycles. The van der Waals surface area contributed by atoms with Crippen LogP contribution in [0.3, 0.4) is 0 Å². The monoisotopic (exact) mass is 332 g/mol. The molecule has 1 aromatic rings. The molecule has 1 aliphatic heterocycles. The van der Waals surface area contributed by atoms with Crippen molar-refractivity contribution in [1.29, 1.82) is 0 Å². The van der Waals surface area contributed by atoms with Crippen molar-refractivity contribution in [2.45, 2.75) is 38.6 Å². The van der Waals surface area contributed by atoms with Gasteiger partial charge in [0.15, 0.2) is 0 Å². The van der Waals surface area contributed by atoms with Crippen molar-refractivity contribution < 1.29 is 14.0 Å². The molecule has 0 spiro atoms. The summed E-state index contributed by atoms with van der Waals surface area (Å²) in [5.74, 6) is 2.29. The van der Waals surface area contributed by atoms with Crippen LogP contribution in [-0.2, 0) is 16.1 Å².